The molecule has 0 aliphatic carbocycles. The predicted molar refractivity (Wildman–Crippen MR) is 75.0 cm³/mol. The van der Waals surface area contributed by atoms with E-state index in [0.717, 1.165) is 15.9 Å². The molecule has 0 amide bonds. The Labute approximate surface area is 114 Å². The van der Waals surface area contributed by atoms with E-state index in [9.17, 15) is 0 Å². The van der Waals surface area contributed by atoms with Gasteiger partial charge < -0.3 is 0 Å². The molecule has 2 unspecified atom stereocenters. The molecule has 0 heterocycles. The smallest absolute Gasteiger partial charge is 0.0449 e. The first-order chi connectivity index (χ1) is 6.99. The lowest BCUT2D eigenvalue weighted by Crippen LogP contribution is -2.05. The van der Waals surface area contributed by atoms with Gasteiger partial charge in [-0.05, 0) is 36.5 Å². The number of halogens is 3. The molecule has 0 saturated carbocycles. The van der Waals surface area contributed by atoms with E-state index < -0.39 is 0 Å². The van der Waals surface area contributed by atoms with Crippen LogP contribution in [0.3, 0.4) is 0 Å². The molecule has 0 bridgehead atoms. The molecule has 0 radical (unpaired) electrons. The normalized spacial score (nSPS) is 15.0. The van der Waals surface area contributed by atoms with E-state index in [1.807, 2.05) is 12.1 Å². The number of rotatable bonds is 4. The van der Waals surface area contributed by atoms with Crippen LogP contribution in [0.25, 0.3) is 0 Å². The summed E-state index contributed by atoms with van der Waals surface area (Å²) >= 11 is 13.2. The molecule has 0 nitrogen and oxygen atoms in total. The maximum Gasteiger partial charge on any atom is 0.0449 e. The molecule has 0 aliphatic rings. The van der Waals surface area contributed by atoms with Crippen molar-refractivity contribution in [2.75, 3.05) is 0 Å². The second kappa shape index (κ2) is 6.27. The van der Waals surface area contributed by atoms with Gasteiger partial charge in [-0.3, -0.25) is 0 Å². The number of hydrogen-bond donors (Lipinski definition) is 0. The van der Waals surface area contributed by atoms with Crippen LogP contribution in [0, 0.1) is 5.92 Å². The zero-order valence-electron chi connectivity index (χ0n) is 8.93. The number of benzene rings is 1. The second-order valence-electron chi connectivity index (χ2n) is 4.06. The van der Waals surface area contributed by atoms with E-state index in [1.165, 1.54) is 12.0 Å². The molecule has 15 heavy (non-hydrogen) atoms. The summed E-state index contributed by atoms with van der Waals surface area (Å²) in [7, 11) is 0. The molecule has 0 aliphatic heterocycles. The molecular weight excluding hydrogens is 339 g/mol. The molecule has 0 aromatic heterocycles. The van der Waals surface area contributed by atoms with E-state index in [4.69, 9.17) is 11.6 Å². The number of alkyl halides is 1. The van der Waals surface area contributed by atoms with Gasteiger partial charge >= 0.3 is 0 Å². The van der Waals surface area contributed by atoms with E-state index in [-0.39, 0.29) is 0 Å². The number of hydrogen-bond acceptors (Lipinski definition) is 0. The molecule has 0 fully saturated rings. The highest BCUT2D eigenvalue weighted by molar-refractivity contribution is 9.10. The fourth-order valence-electron chi connectivity index (χ4n) is 1.70. The summed E-state index contributed by atoms with van der Waals surface area (Å²) in [6.45, 7) is 4.44. The monoisotopic (exact) mass is 352 g/mol. The zero-order valence-corrected chi connectivity index (χ0v) is 12.9. The summed E-state index contributed by atoms with van der Waals surface area (Å²) < 4.78 is 1.04. The van der Waals surface area contributed by atoms with Gasteiger partial charge in [-0.25, -0.2) is 0 Å². The first-order valence-electron chi connectivity index (χ1n) is 5.07. The van der Waals surface area contributed by atoms with E-state index in [0.29, 0.717) is 10.7 Å². The zero-order chi connectivity index (χ0) is 11.4. The summed E-state index contributed by atoms with van der Waals surface area (Å²) in [5.74, 6) is 0.651. The van der Waals surface area contributed by atoms with Gasteiger partial charge in [0.1, 0.15) is 0 Å². The topological polar surface area (TPSA) is 0 Å². The highest BCUT2D eigenvalue weighted by atomic mass is 79.9. The van der Waals surface area contributed by atoms with Crippen LogP contribution in [-0.2, 0) is 6.42 Å². The van der Waals surface area contributed by atoms with Gasteiger partial charge in [0.15, 0.2) is 0 Å². The molecule has 1 rings (SSSR count). The van der Waals surface area contributed by atoms with Gasteiger partial charge in [0.2, 0.25) is 0 Å². The maximum absolute atomic E-state index is 6.17. The molecule has 84 valence electrons. The predicted octanol–water partition coefficient (Wildman–Crippen LogP) is 5.45. The summed E-state index contributed by atoms with van der Waals surface area (Å²) in [6, 6.07) is 6.11. The SMILES string of the molecule is CC(Br)CC(C)Cc1ccc(Br)cc1Cl. The van der Waals surface area contributed by atoms with Crippen LogP contribution in [0.1, 0.15) is 25.8 Å². The van der Waals surface area contributed by atoms with Gasteiger partial charge in [-0.1, -0.05) is 63.4 Å². The minimum Gasteiger partial charge on any atom is -0.0894 e. The van der Waals surface area contributed by atoms with Gasteiger partial charge in [0.25, 0.3) is 0 Å². The first kappa shape index (κ1) is 13.5. The van der Waals surface area contributed by atoms with Crippen LogP contribution < -0.4 is 0 Å². The Morgan fingerprint density at radius 3 is 2.53 bits per heavy atom. The Kier molecular flexibility index (Phi) is 5.65. The Bertz CT molecular complexity index is 323. The minimum atomic E-state index is 0.571. The molecule has 0 N–H and O–H groups in total. The average molecular weight is 355 g/mol. The average Bonchev–Trinajstić information content (AvgIpc) is 2.08. The Hall–Kier alpha value is 0.470. The van der Waals surface area contributed by atoms with Crippen molar-refractivity contribution in [2.24, 2.45) is 5.92 Å². The lowest BCUT2D eigenvalue weighted by molar-refractivity contribution is 0.533. The van der Waals surface area contributed by atoms with Crippen molar-refractivity contribution in [3.05, 3.63) is 33.3 Å². The van der Waals surface area contributed by atoms with E-state index in [1.54, 1.807) is 0 Å². The van der Waals surface area contributed by atoms with Crippen molar-refractivity contribution in [1.29, 1.82) is 0 Å². The van der Waals surface area contributed by atoms with Gasteiger partial charge in [0.05, 0.1) is 0 Å². The van der Waals surface area contributed by atoms with Crippen molar-refractivity contribution in [1.82, 2.24) is 0 Å². The standard InChI is InChI=1S/C12H15Br2Cl/c1-8(5-9(2)13)6-10-3-4-11(14)7-12(10)15/h3-4,7-9H,5-6H2,1-2H3. The van der Waals surface area contributed by atoms with Crippen molar-refractivity contribution < 1.29 is 0 Å². The third-order valence-electron chi connectivity index (χ3n) is 2.31. The van der Waals surface area contributed by atoms with Crippen LogP contribution in [0.2, 0.25) is 5.02 Å². The van der Waals surface area contributed by atoms with Crippen LogP contribution in [0.5, 0.6) is 0 Å². The lowest BCUT2D eigenvalue weighted by Gasteiger charge is -2.14. The van der Waals surface area contributed by atoms with Crippen molar-refractivity contribution >= 4 is 43.5 Å². The molecule has 1 aromatic carbocycles. The highest BCUT2D eigenvalue weighted by Gasteiger charge is 2.09. The maximum atomic E-state index is 6.17. The summed E-state index contributed by atoms with van der Waals surface area (Å²) in [6.07, 6.45) is 2.22. The van der Waals surface area contributed by atoms with Crippen LogP contribution >= 0.6 is 43.5 Å². The Morgan fingerprint density at radius 2 is 2.00 bits per heavy atom. The van der Waals surface area contributed by atoms with E-state index in [2.05, 4.69) is 51.8 Å². The quantitative estimate of drug-likeness (QED) is 0.630. The summed E-state index contributed by atoms with van der Waals surface area (Å²) in [4.78, 5) is 0.571. The molecule has 0 spiro atoms. The largest absolute Gasteiger partial charge is 0.0894 e. The molecule has 0 saturated heterocycles. The highest BCUT2D eigenvalue weighted by Crippen LogP contribution is 2.25. The summed E-state index contributed by atoms with van der Waals surface area (Å²) in [5, 5.41) is 0.860. The van der Waals surface area contributed by atoms with Crippen molar-refractivity contribution in [2.45, 2.75) is 31.5 Å². The second-order valence-corrected chi connectivity index (χ2v) is 6.95. The Morgan fingerprint density at radius 1 is 1.33 bits per heavy atom. The van der Waals surface area contributed by atoms with Crippen LogP contribution in [-0.4, -0.2) is 4.83 Å². The third kappa shape index (κ3) is 4.88. The van der Waals surface area contributed by atoms with Gasteiger partial charge in [-0.15, -0.1) is 0 Å². The first-order valence-corrected chi connectivity index (χ1v) is 7.15. The van der Waals surface area contributed by atoms with Crippen molar-refractivity contribution in [3.8, 4) is 0 Å². The minimum absolute atomic E-state index is 0.571. The third-order valence-corrected chi connectivity index (χ3v) is 3.53. The molecule has 3 heteroatoms. The lowest BCUT2D eigenvalue weighted by atomic mass is 9.97. The van der Waals surface area contributed by atoms with Gasteiger partial charge in [-0.2, -0.15) is 0 Å². The fraction of sp³-hybridized carbons (Fsp3) is 0.500. The van der Waals surface area contributed by atoms with Crippen molar-refractivity contribution in [3.63, 3.8) is 0 Å². The molecular formula is C12H15Br2Cl. The van der Waals surface area contributed by atoms with Crippen LogP contribution in [0.4, 0.5) is 0 Å². The summed E-state index contributed by atoms with van der Waals surface area (Å²) in [5.41, 5.74) is 1.24. The molecule has 1 aromatic rings. The fourth-order valence-corrected chi connectivity index (χ4v) is 3.09. The molecule has 2 atom stereocenters. The van der Waals surface area contributed by atoms with Crippen LogP contribution in [0.15, 0.2) is 22.7 Å². The Balaban J connectivity index is 2.64. The van der Waals surface area contributed by atoms with Gasteiger partial charge in [0, 0.05) is 14.3 Å². The van der Waals surface area contributed by atoms with E-state index >= 15 is 0 Å².